The maximum atomic E-state index is 12.3. The Morgan fingerprint density at radius 2 is 2.05 bits per heavy atom. The molecule has 1 aromatic carbocycles. The van der Waals surface area contributed by atoms with Gasteiger partial charge in [-0.1, -0.05) is 12.1 Å². The molecule has 1 aliphatic carbocycles. The zero-order chi connectivity index (χ0) is 14.4. The highest BCUT2D eigenvalue weighted by Crippen LogP contribution is 2.25. The lowest BCUT2D eigenvalue weighted by Crippen LogP contribution is -2.45. The first-order chi connectivity index (χ1) is 9.74. The van der Waals surface area contributed by atoms with Gasteiger partial charge in [0.25, 0.3) is 0 Å². The minimum Gasteiger partial charge on any atom is -0.497 e. The van der Waals surface area contributed by atoms with Crippen LogP contribution in [0.4, 0.5) is 0 Å². The van der Waals surface area contributed by atoms with Crippen LogP contribution in [0.2, 0.25) is 0 Å². The molecule has 0 atom stereocenters. The van der Waals surface area contributed by atoms with E-state index in [0.29, 0.717) is 19.0 Å². The Labute approximate surface area is 120 Å². The van der Waals surface area contributed by atoms with Gasteiger partial charge in [0.05, 0.1) is 13.7 Å². The fourth-order valence-corrected chi connectivity index (χ4v) is 2.50. The lowest BCUT2D eigenvalue weighted by atomic mass is 9.91. The van der Waals surface area contributed by atoms with Crippen LogP contribution in [0.5, 0.6) is 5.75 Å². The molecule has 1 aromatic rings. The van der Waals surface area contributed by atoms with E-state index in [2.05, 4.69) is 0 Å². The lowest BCUT2D eigenvalue weighted by Gasteiger charge is -2.37. The average molecular weight is 277 g/mol. The molecular formula is C16H23NO3. The number of benzene rings is 1. The van der Waals surface area contributed by atoms with Crippen LogP contribution in [0.3, 0.4) is 0 Å². The van der Waals surface area contributed by atoms with E-state index in [9.17, 15) is 4.79 Å². The number of ether oxygens (including phenoxy) is 1. The third-order valence-electron chi connectivity index (χ3n) is 3.96. The second-order valence-electron chi connectivity index (χ2n) is 5.24. The van der Waals surface area contributed by atoms with Gasteiger partial charge in [-0.15, -0.1) is 0 Å². The van der Waals surface area contributed by atoms with Crippen molar-refractivity contribution < 1.29 is 14.6 Å². The van der Waals surface area contributed by atoms with Gasteiger partial charge in [0.2, 0.25) is 5.91 Å². The van der Waals surface area contributed by atoms with Crippen molar-refractivity contribution in [2.45, 2.75) is 38.1 Å². The molecule has 0 heterocycles. The molecule has 0 spiro atoms. The summed E-state index contributed by atoms with van der Waals surface area (Å²) in [6.45, 7) is 0.511. The number of hydrogen-bond donors (Lipinski definition) is 1. The first kappa shape index (κ1) is 14.9. The second kappa shape index (κ2) is 7.29. The molecule has 1 aliphatic rings. The van der Waals surface area contributed by atoms with Crippen molar-refractivity contribution in [3.63, 3.8) is 0 Å². The zero-order valence-corrected chi connectivity index (χ0v) is 12.0. The number of nitrogens with zero attached hydrogens (tertiary/aromatic N) is 1. The van der Waals surface area contributed by atoms with Crippen LogP contribution in [-0.2, 0) is 11.2 Å². The first-order valence-electron chi connectivity index (χ1n) is 7.28. The maximum Gasteiger partial charge on any atom is 0.223 e. The Morgan fingerprint density at radius 1 is 1.35 bits per heavy atom. The van der Waals surface area contributed by atoms with Gasteiger partial charge in [-0.05, 0) is 43.4 Å². The highest BCUT2D eigenvalue weighted by molar-refractivity contribution is 5.77. The average Bonchev–Trinajstić information content (AvgIpc) is 2.43. The van der Waals surface area contributed by atoms with Gasteiger partial charge < -0.3 is 14.7 Å². The van der Waals surface area contributed by atoms with E-state index in [1.165, 1.54) is 6.42 Å². The normalized spacial score (nSPS) is 14.7. The summed E-state index contributed by atoms with van der Waals surface area (Å²) in [6, 6.07) is 8.16. The third-order valence-corrected chi connectivity index (χ3v) is 3.96. The van der Waals surface area contributed by atoms with Crippen LogP contribution in [0.25, 0.3) is 0 Å². The summed E-state index contributed by atoms with van der Waals surface area (Å²) in [5.41, 5.74) is 1.14. The quantitative estimate of drug-likeness (QED) is 0.829. The van der Waals surface area contributed by atoms with Gasteiger partial charge >= 0.3 is 0 Å². The van der Waals surface area contributed by atoms with Crippen LogP contribution >= 0.6 is 0 Å². The van der Waals surface area contributed by atoms with Gasteiger partial charge in [0.15, 0.2) is 0 Å². The summed E-state index contributed by atoms with van der Waals surface area (Å²) in [5.74, 6) is 0.982. The summed E-state index contributed by atoms with van der Waals surface area (Å²) in [5, 5.41) is 9.09. The van der Waals surface area contributed by atoms with E-state index in [-0.39, 0.29) is 12.5 Å². The summed E-state index contributed by atoms with van der Waals surface area (Å²) < 4.78 is 5.12. The van der Waals surface area contributed by atoms with E-state index in [1.54, 1.807) is 7.11 Å². The van der Waals surface area contributed by atoms with Crippen molar-refractivity contribution in [3.8, 4) is 5.75 Å². The lowest BCUT2D eigenvalue weighted by molar-refractivity contribution is -0.135. The summed E-state index contributed by atoms with van der Waals surface area (Å²) >= 11 is 0. The maximum absolute atomic E-state index is 12.3. The van der Waals surface area contributed by atoms with Crippen LogP contribution in [-0.4, -0.2) is 42.2 Å². The monoisotopic (exact) mass is 277 g/mol. The number of hydrogen-bond acceptors (Lipinski definition) is 3. The topological polar surface area (TPSA) is 49.8 Å². The number of aryl methyl sites for hydroxylation is 1. The summed E-state index contributed by atoms with van der Waals surface area (Å²) in [4.78, 5) is 14.1. The molecule has 110 valence electrons. The number of aliphatic hydroxyl groups excluding tert-OH is 1. The SMILES string of the molecule is COc1ccc(CCC(=O)N(CCO)C2CCC2)cc1. The Morgan fingerprint density at radius 3 is 2.55 bits per heavy atom. The molecule has 1 N–H and O–H groups in total. The molecule has 0 aromatic heterocycles. The van der Waals surface area contributed by atoms with Crippen molar-refractivity contribution >= 4 is 5.91 Å². The largest absolute Gasteiger partial charge is 0.497 e. The molecule has 1 saturated carbocycles. The number of methoxy groups -OCH3 is 1. The van der Waals surface area contributed by atoms with E-state index < -0.39 is 0 Å². The van der Waals surface area contributed by atoms with Crippen molar-refractivity contribution in [2.75, 3.05) is 20.3 Å². The zero-order valence-electron chi connectivity index (χ0n) is 12.0. The minimum atomic E-state index is 0.0464. The van der Waals surface area contributed by atoms with Crippen LogP contribution < -0.4 is 4.74 Å². The van der Waals surface area contributed by atoms with Gasteiger partial charge in [-0.3, -0.25) is 4.79 Å². The smallest absolute Gasteiger partial charge is 0.223 e. The third kappa shape index (κ3) is 3.73. The van der Waals surface area contributed by atoms with Gasteiger partial charge in [-0.25, -0.2) is 0 Å². The molecule has 0 aliphatic heterocycles. The molecule has 2 rings (SSSR count). The van der Waals surface area contributed by atoms with Crippen LogP contribution in [0.1, 0.15) is 31.2 Å². The number of amides is 1. The van der Waals surface area contributed by atoms with Crippen LogP contribution in [0, 0.1) is 0 Å². The van der Waals surface area contributed by atoms with Crippen molar-refractivity contribution in [2.24, 2.45) is 0 Å². The molecule has 20 heavy (non-hydrogen) atoms. The molecule has 0 bridgehead atoms. The van der Waals surface area contributed by atoms with Gasteiger partial charge in [-0.2, -0.15) is 0 Å². The molecule has 1 amide bonds. The van der Waals surface area contributed by atoms with Crippen molar-refractivity contribution in [3.05, 3.63) is 29.8 Å². The van der Waals surface area contributed by atoms with Gasteiger partial charge in [0.1, 0.15) is 5.75 Å². The Bertz CT molecular complexity index is 426. The van der Waals surface area contributed by atoms with Crippen molar-refractivity contribution in [1.29, 1.82) is 0 Å². The fraction of sp³-hybridized carbons (Fsp3) is 0.562. The Hall–Kier alpha value is -1.55. The molecular weight excluding hydrogens is 254 g/mol. The highest BCUT2D eigenvalue weighted by atomic mass is 16.5. The fourth-order valence-electron chi connectivity index (χ4n) is 2.50. The Kier molecular flexibility index (Phi) is 5.41. The molecule has 0 radical (unpaired) electrons. The number of carbonyl (C=O) groups excluding carboxylic acids is 1. The summed E-state index contributed by atoms with van der Waals surface area (Å²) in [7, 11) is 1.64. The van der Waals surface area contributed by atoms with E-state index in [4.69, 9.17) is 9.84 Å². The van der Waals surface area contributed by atoms with Gasteiger partial charge in [0, 0.05) is 19.0 Å². The number of carbonyl (C=O) groups is 1. The number of rotatable bonds is 7. The van der Waals surface area contributed by atoms with Crippen LogP contribution in [0.15, 0.2) is 24.3 Å². The molecule has 0 unspecified atom stereocenters. The molecule has 4 heteroatoms. The van der Waals surface area contributed by atoms with E-state index >= 15 is 0 Å². The molecule has 0 saturated heterocycles. The Balaban J connectivity index is 1.85. The van der Waals surface area contributed by atoms with E-state index in [0.717, 1.165) is 30.6 Å². The number of aliphatic hydroxyl groups is 1. The summed E-state index contributed by atoms with van der Waals surface area (Å²) in [6.07, 6.45) is 4.58. The van der Waals surface area contributed by atoms with Crippen molar-refractivity contribution in [1.82, 2.24) is 4.90 Å². The van der Waals surface area contributed by atoms with E-state index in [1.807, 2.05) is 29.2 Å². The first-order valence-corrected chi connectivity index (χ1v) is 7.28. The predicted octanol–water partition coefficient (Wildman–Crippen LogP) is 2.00. The standard InChI is InChI=1S/C16H23NO3/c1-20-15-8-5-13(6-9-15)7-10-16(19)17(11-12-18)14-3-2-4-14/h5-6,8-9,14,18H,2-4,7,10-12H2,1H3. The molecule has 4 nitrogen and oxygen atoms in total. The highest BCUT2D eigenvalue weighted by Gasteiger charge is 2.27. The molecule has 1 fully saturated rings. The minimum absolute atomic E-state index is 0.0464. The predicted molar refractivity (Wildman–Crippen MR) is 77.8 cm³/mol. The second-order valence-corrected chi connectivity index (χ2v) is 5.24.